The number of hydrogen-bond acceptors (Lipinski definition) is 7. The fourth-order valence-electron chi connectivity index (χ4n) is 1.58. The zero-order chi connectivity index (χ0) is 13.7. The van der Waals surface area contributed by atoms with Crippen molar-refractivity contribution in [3.05, 3.63) is 0 Å². The molecule has 1 fully saturated rings. The van der Waals surface area contributed by atoms with Crippen molar-refractivity contribution in [3.8, 4) is 12.3 Å². The van der Waals surface area contributed by atoms with Gasteiger partial charge in [-0.25, -0.2) is 0 Å². The summed E-state index contributed by atoms with van der Waals surface area (Å²) in [5.41, 5.74) is 0. The molecule has 0 spiro atoms. The molecule has 7 heteroatoms. The van der Waals surface area contributed by atoms with Crippen molar-refractivity contribution in [2.75, 3.05) is 13.2 Å². The summed E-state index contributed by atoms with van der Waals surface area (Å²) in [6, 6.07) is 0. The first-order chi connectivity index (χ1) is 8.51. The Hall–Kier alpha value is -0.720. The van der Waals surface area contributed by atoms with Crippen LogP contribution < -0.4 is 0 Å². The van der Waals surface area contributed by atoms with Gasteiger partial charge in [-0.15, -0.1) is 6.42 Å². The second-order valence-corrected chi connectivity index (χ2v) is 4.04. The van der Waals surface area contributed by atoms with Gasteiger partial charge in [0, 0.05) is 6.42 Å². The normalized spacial score (nSPS) is 38.1. The lowest BCUT2D eigenvalue weighted by atomic mass is 9.99. The summed E-state index contributed by atoms with van der Waals surface area (Å²) in [5.74, 6) is 2.09. The Morgan fingerprint density at radius 3 is 2.44 bits per heavy atom. The zero-order valence-corrected chi connectivity index (χ0v) is 9.72. The average molecular weight is 262 g/mol. The summed E-state index contributed by atoms with van der Waals surface area (Å²) < 4.78 is 10.2. The van der Waals surface area contributed by atoms with Crippen molar-refractivity contribution < 1.29 is 35.0 Å². The molecule has 5 N–H and O–H groups in total. The van der Waals surface area contributed by atoms with Crippen LogP contribution in [0.3, 0.4) is 0 Å². The van der Waals surface area contributed by atoms with Gasteiger partial charge in [-0.3, -0.25) is 0 Å². The minimum Gasteiger partial charge on any atom is -0.394 e. The lowest BCUT2D eigenvalue weighted by molar-refractivity contribution is -0.301. The summed E-state index contributed by atoms with van der Waals surface area (Å²) in [5, 5.41) is 46.6. The number of aliphatic hydroxyl groups is 5. The van der Waals surface area contributed by atoms with Gasteiger partial charge in [-0.2, -0.15) is 0 Å². The van der Waals surface area contributed by atoms with E-state index in [1.807, 2.05) is 0 Å². The minimum absolute atomic E-state index is 0.00799. The Bertz CT molecular complexity index is 288. The fourth-order valence-corrected chi connectivity index (χ4v) is 1.58. The van der Waals surface area contributed by atoms with E-state index in [1.54, 1.807) is 0 Å². The van der Waals surface area contributed by atoms with Crippen LogP contribution in [0.2, 0.25) is 0 Å². The average Bonchev–Trinajstić information content (AvgIpc) is 2.38. The van der Waals surface area contributed by atoms with Gasteiger partial charge in [-0.1, -0.05) is 5.92 Å². The molecule has 18 heavy (non-hydrogen) atoms. The lowest BCUT2D eigenvalue weighted by Crippen LogP contribution is -2.59. The largest absolute Gasteiger partial charge is 0.394 e. The van der Waals surface area contributed by atoms with E-state index in [9.17, 15) is 15.3 Å². The predicted octanol–water partition coefficient (Wildman–Crippen LogP) is -2.81. The Kier molecular flexibility index (Phi) is 5.98. The van der Waals surface area contributed by atoms with Crippen molar-refractivity contribution >= 4 is 0 Å². The van der Waals surface area contributed by atoms with Crippen LogP contribution in [0.5, 0.6) is 0 Å². The quantitative estimate of drug-likeness (QED) is 0.339. The van der Waals surface area contributed by atoms with Gasteiger partial charge in [0.1, 0.15) is 30.5 Å². The van der Waals surface area contributed by atoms with E-state index in [0.29, 0.717) is 0 Å². The van der Waals surface area contributed by atoms with E-state index < -0.39 is 43.4 Å². The molecule has 0 aromatic carbocycles. The van der Waals surface area contributed by atoms with Crippen LogP contribution in [0.4, 0.5) is 0 Å². The Morgan fingerprint density at radius 2 is 1.89 bits per heavy atom. The van der Waals surface area contributed by atoms with Crippen molar-refractivity contribution in [3.63, 3.8) is 0 Å². The van der Waals surface area contributed by atoms with Gasteiger partial charge in [0.15, 0.2) is 6.29 Å². The van der Waals surface area contributed by atoms with Crippen LogP contribution in [0.1, 0.15) is 6.42 Å². The van der Waals surface area contributed by atoms with Crippen molar-refractivity contribution in [1.82, 2.24) is 0 Å². The topological polar surface area (TPSA) is 120 Å². The van der Waals surface area contributed by atoms with Crippen LogP contribution >= 0.6 is 0 Å². The monoisotopic (exact) mass is 262 g/mol. The maximum Gasteiger partial charge on any atom is 0.186 e. The fraction of sp³-hybridized carbons (Fsp3) is 0.818. The molecule has 1 heterocycles. The molecule has 1 unspecified atom stereocenters. The van der Waals surface area contributed by atoms with Gasteiger partial charge in [0.2, 0.25) is 0 Å². The molecule has 1 saturated heterocycles. The van der Waals surface area contributed by atoms with Gasteiger partial charge in [-0.05, 0) is 0 Å². The summed E-state index contributed by atoms with van der Waals surface area (Å²) in [7, 11) is 0. The molecule has 1 rings (SSSR count). The van der Waals surface area contributed by atoms with E-state index in [1.165, 1.54) is 0 Å². The van der Waals surface area contributed by atoms with E-state index in [2.05, 4.69) is 5.92 Å². The molecular formula is C11H18O7. The predicted molar refractivity (Wildman–Crippen MR) is 59.2 cm³/mol. The molecule has 104 valence electrons. The van der Waals surface area contributed by atoms with Crippen LogP contribution in [-0.2, 0) is 9.47 Å². The summed E-state index contributed by atoms with van der Waals surface area (Å²) in [6.45, 7) is -0.508. The molecule has 7 nitrogen and oxygen atoms in total. The number of hydrogen-bond donors (Lipinski definition) is 5. The van der Waals surface area contributed by atoms with E-state index in [0.717, 1.165) is 0 Å². The van der Waals surface area contributed by atoms with E-state index >= 15 is 0 Å². The zero-order valence-electron chi connectivity index (χ0n) is 9.72. The summed E-state index contributed by atoms with van der Waals surface area (Å²) in [4.78, 5) is 0. The second kappa shape index (κ2) is 7.01. The van der Waals surface area contributed by atoms with Crippen molar-refractivity contribution in [1.29, 1.82) is 0 Å². The Morgan fingerprint density at radius 1 is 1.22 bits per heavy atom. The molecule has 0 aliphatic carbocycles. The number of rotatable bonds is 5. The van der Waals surface area contributed by atoms with E-state index in [4.69, 9.17) is 26.1 Å². The SMILES string of the molecule is C#CC(O)CCO[C@@H]1O[C@H](CO)[C@@H](O)[C@H](O)[C@H]1O. The van der Waals surface area contributed by atoms with Crippen LogP contribution in [-0.4, -0.2) is 75.6 Å². The molecule has 0 radical (unpaired) electrons. The smallest absolute Gasteiger partial charge is 0.186 e. The van der Waals surface area contributed by atoms with Crippen LogP contribution in [0, 0.1) is 12.3 Å². The highest BCUT2D eigenvalue weighted by atomic mass is 16.7. The molecule has 1 aliphatic rings. The third-order valence-electron chi connectivity index (χ3n) is 2.71. The standard InChI is InChI=1S/C11H18O7/c1-2-6(13)3-4-17-11-10(16)9(15)8(14)7(5-12)18-11/h1,6-16H,3-5H2/t6?,7-,8-,9+,10-,11-/m1/s1. The molecule has 0 aromatic heterocycles. The second-order valence-electron chi connectivity index (χ2n) is 4.04. The number of ether oxygens (including phenoxy) is 2. The first kappa shape index (κ1) is 15.3. The number of terminal acetylenes is 1. The third kappa shape index (κ3) is 3.63. The minimum atomic E-state index is -1.47. The maximum absolute atomic E-state index is 9.60. The first-order valence-electron chi connectivity index (χ1n) is 5.57. The number of aliphatic hydroxyl groups excluding tert-OH is 5. The summed E-state index contributed by atoms with van der Waals surface area (Å²) in [6.07, 6.45) is -2.38. The Labute approximate surface area is 105 Å². The van der Waals surface area contributed by atoms with Gasteiger partial charge in [0.25, 0.3) is 0 Å². The lowest BCUT2D eigenvalue weighted by Gasteiger charge is -2.39. The molecule has 0 aromatic rings. The molecule has 0 saturated carbocycles. The molecule has 1 aliphatic heterocycles. The molecule has 6 atom stereocenters. The maximum atomic E-state index is 9.60. The molecule has 0 amide bonds. The van der Waals surface area contributed by atoms with Gasteiger partial charge >= 0.3 is 0 Å². The first-order valence-corrected chi connectivity index (χ1v) is 5.57. The molecule has 0 bridgehead atoms. The van der Waals surface area contributed by atoms with Crippen LogP contribution in [0.15, 0.2) is 0 Å². The van der Waals surface area contributed by atoms with Crippen molar-refractivity contribution in [2.45, 2.75) is 43.2 Å². The van der Waals surface area contributed by atoms with Crippen LogP contribution in [0.25, 0.3) is 0 Å². The molecular weight excluding hydrogens is 244 g/mol. The highest BCUT2D eigenvalue weighted by molar-refractivity contribution is 4.93. The summed E-state index contributed by atoms with van der Waals surface area (Å²) >= 11 is 0. The van der Waals surface area contributed by atoms with Gasteiger partial charge in [0.05, 0.1) is 13.2 Å². The Balaban J connectivity index is 2.47. The van der Waals surface area contributed by atoms with Crippen molar-refractivity contribution in [2.24, 2.45) is 0 Å². The third-order valence-corrected chi connectivity index (χ3v) is 2.71. The highest BCUT2D eigenvalue weighted by Crippen LogP contribution is 2.21. The van der Waals surface area contributed by atoms with Gasteiger partial charge < -0.3 is 35.0 Å². The van der Waals surface area contributed by atoms with E-state index in [-0.39, 0.29) is 13.0 Å². The highest BCUT2D eigenvalue weighted by Gasteiger charge is 2.43.